The normalized spacial score (nSPS) is 10.6. The fourth-order valence-electron chi connectivity index (χ4n) is 3.83. The second-order valence-corrected chi connectivity index (χ2v) is 8.55. The number of amides is 1. The number of nitrogens with one attached hydrogen (secondary N) is 2. The monoisotopic (exact) mass is 489 g/mol. The molecule has 5 nitrogen and oxygen atoms in total. The fraction of sp³-hybridized carbons (Fsp3) is 0.0333. The minimum atomic E-state index is -0.300. The number of pyridine rings is 1. The van der Waals surface area contributed by atoms with E-state index in [4.69, 9.17) is 21.9 Å². The first-order valence-electron chi connectivity index (χ1n) is 11.5. The Morgan fingerprint density at radius 2 is 1.47 bits per heavy atom. The van der Waals surface area contributed by atoms with Gasteiger partial charge in [0.1, 0.15) is 12.4 Å². The van der Waals surface area contributed by atoms with Crippen molar-refractivity contribution in [3.05, 3.63) is 126 Å². The first kappa shape index (κ1) is 23.2. The zero-order chi connectivity index (χ0) is 24.7. The molecule has 0 saturated heterocycles. The van der Waals surface area contributed by atoms with Crippen LogP contribution < -0.4 is 15.4 Å². The van der Waals surface area contributed by atoms with E-state index in [1.165, 1.54) is 0 Å². The van der Waals surface area contributed by atoms with Gasteiger partial charge in [0.15, 0.2) is 5.11 Å². The molecule has 1 amide bonds. The van der Waals surface area contributed by atoms with Crippen molar-refractivity contribution in [2.45, 2.75) is 6.61 Å². The SMILES string of the molecule is O=C(NC(=S)Nc1ccc(OCc2ccccc2)cc1)c1cc(-c2ccccc2)nc2ccccc12. The van der Waals surface area contributed by atoms with Crippen LogP contribution in [0, 0.1) is 0 Å². The largest absolute Gasteiger partial charge is 0.489 e. The van der Waals surface area contributed by atoms with Crippen molar-refractivity contribution in [1.29, 1.82) is 0 Å². The summed E-state index contributed by atoms with van der Waals surface area (Å²) in [5.41, 5.74) is 4.76. The van der Waals surface area contributed by atoms with Gasteiger partial charge in [-0.25, -0.2) is 4.98 Å². The molecule has 0 unspecified atom stereocenters. The van der Waals surface area contributed by atoms with Gasteiger partial charge >= 0.3 is 0 Å². The van der Waals surface area contributed by atoms with E-state index >= 15 is 0 Å². The van der Waals surface area contributed by atoms with Gasteiger partial charge in [-0.3, -0.25) is 10.1 Å². The van der Waals surface area contributed by atoms with Crippen LogP contribution in [0.2, 0.25) is 0 Å². The lowest BCUT2D eigenvalue weighted by Crippen LogP contribution is -2.34. The lowest BCUT2D eigenvalue weighted by molar-refractivity contribution is 0.0979. The highest BCUT2D eigenvalue weighted by Gasteiger charge is 2.15. The van der Waals surface area contributed by atoms with Gasteiger partial charge in [-0.05, 0) is 54.2 Å². The predicted octanol–water partition coefficient (Wildman–Crippen LogP) is 6.61. The topological polar surface area (TPSA) is 63.2 Å². The standard InChI is InChI=1S/C30H23N3O2S/c34-29(26-19-28(22-11-5-2-6-12-22)32-27-14-8-7-13-25(26)27)33-30(36)31-23-15-17-24(18-16-23)35-20-21-9-3-1-4-10-21/h1-19H,20H2,(H2,31,33,34,36). The lowest BCUT2D eigenvalue weighted by atomic mass is 10.0. The van der Waals surface area contributed by atoms with Crippen molar-refractivity contribution in [2.75, 3.05) is 5.32 Å². The van der Waals surface area contributed by atoms with Gasteiger partial charge < -0.3 is 10.1 Å². The van der Waals surface area contributed by atoms with Crippen molar-refractivity contribution in [3.8, 4) is 17.0 Å². The van der Waals surface area contributed by atoms with Crippen LogP contribution >= 0.6 is 12.2 Å². The molecule has 1 heterocycles. The first-order chi connectivity index (χ1) is 17.7. The number of aromatic nitrogens is 1. The van der Waals surface area contributed by atoms with Crippen molar-refractivity contribution in [2.24, 2.45) is 0 Å². The van der Waals surface area contributed by atoms with Gasteiger partial charge in [-0.1, -0.05) is 78.9 Å². The molecule has 0 fully saturated rings. The number of anilines is 1. The number of nitrogens with zero attached hydrogens (tertiary/aromatic N) is 1. The molecular formula is C30H23N3O2S. The Morgan fingerprint density at radius 1 is 0.806 bits per heavy atom. The molecule has 0 aliphatic carbocycles. The van der Waals surface area contributed by atoms with E-state index in [-0.39, 0.29) is 11.0 Å². The highest BCUT2D eigenvalue weighted by atomic mass is 32.1. The van der Waals surface area contributed by atoms with Crippen LogP contribution in [-0.4, -0.2) is 16.0 Å². The minimum absolute atomic E-state index is 0.208. The highest BCUT2D eigenvalue weighted by Crippen LogP contribution is 2.25. The molecule has 1 aromatic heterocycles. The molecule has 0 atom stereocenters. The van der Waals surface area contributed by atoms with Crippen molar-refractivity contribution < 1.29 is 9.53 Å². The number of hydrogen-bond donors (Lipinski definition) is 2. The zero-order valence-corrected chi connectivity index (χ0v) is 20.2. The molecule has 0 radical (unpaired) electrons. The Balaban J connectivity index is 1.27. The molecule has 2 N–H and O–H groups in total. The van der Waals surface area contributed by atoms with Crippen molar-refractivity contribution >= 4 is 39.8 Å². The van der Waals surface area contributed by atoms with Crippen LogP contribution in [0.15, 0.2) is 115 Å². The molecule has 4 aromatic carbocycles. The van der Waals surface area contributed by atoms with Gasteiger partial charge in [0.25, 0.3) is 5.91 Å². The molecule has 0 bridgehead atoms. The third-order valence-corrected chi connectivity index (χ3v) is 5.82. The molecule has 5 aromatic rings. The summed E-state index contributed by atoms with van der Waals surface area (Å²) in [5.74, 6) is 0.446. The summed E-state index contributed by atoms with van der Waals surface area (Å²) < 4.78 is 5.83. The number of benzene rings is 4. The Morgan fingerprint density at radius 3 is 2.22 bits per heavy atom. The lowest BCUT2D eigenvalue weighted by Gasteiger charge is -2.13. The van der Waals surface area contributed by atoms with E-state index in [9.17, 15) is 4.79 Å². The summed E-state index contributed by atoms with van der Waals surface area (Å²) in [6.07, 6.45) is 0. The highest BCUT2D eigenvalue weighted by molar-refractivity contribution is 7.80. The number of para-hydroxylation sites is 1. The Hall–Kier alpha value is -4.55. The molecule has 36 heavy (non-hydrogen) atoms. The summed E-state index contributed by atoms with van der Waals surface area (Å²) in [5, 5.41) is 6.84. The molecule has 0 aliphatic rings. The van der Waals surface area contributed by atoms with Gasteiger partial charge in [0, 0.05) is 16.6 Å². The van der Waals surface area contributed by atoms with Crippen LogP contribution in [0.5, 0.6) is 5.75 Å². The average Bonchev–Trinajstić information content (AvgIpc) is 2.93. The predicted molar refractivity (Wildman–Crippen MR) is 148 cm³/mol. The summed E-state index contributed by atoms with van der Waals surface area (Å²) in [4.78, 5) is 18.0. The smallest absolute Gasteiger partial charge is 0.258 e. The van der Waals surface area contributed by atoms with Gasteiger partial charge in [0.05, 0.1) is 16.8 Å². The maximum atomic E-state index is 13.2. The molecule has 0 saturated carbocycles. The number of rotatable bonds is 6. The maximum absolute atomic E-state index is 13.2. The number of hydrogen-bond acceptors (Lipinski definition) is 4. The summed E-state index contributed by atoms with van der Waals surface area (Å²) in [7, 11) is 0. The number of carbonyl (C=O) groups excluding carboxylic acids is 1. The Labute approximate surface area is 214 Å². The molecule has 0 spiro atoms. The molecule has 176 valence electrons. The molecule has 5 rings (SSSR count). The maximum Gasteiger partial charge on any atom is 0.258 e. The molecular weight excluding hydrogens is 466 g/mol. The van der Waals surface area contributed by atoms with E-state index in [1.807, 2.05) is 109 Å². The van der Waals surface area contributed by atoms with E-state index in [0.29, 0.717) is 12.2 Å². The third kappa shape index (κ3) is 5.56. The molecule has 0 aliphatic heterocycles. The molecule has 6 heteroatoms. The first-order valence-corrected chi connectivity index (χ1v) is 11.9. The van der Waals surface area contributed by atoms with Crippen molar-refractivity contribution in [3.63, 3.8) is 0 Å². The Bertz CT molecular complexity index is 1500. The zero-order valence-electron chi connectivity index (χ0n) is 19.3. The third-order valence-electron chi connectivity index (χ3n) is 5.62. The number of fused-ring (bicyclic) bond motifs is 1. The summed E-state index contributed by atoms with van der Waals surface area (Å²) in [6.45, 7) is 0.493. The van der Waals surface area contributed by atoms with Crippen molar-refractivity contribution in [1.82, 2.24) is 10.3 Å². The van der Waals surface area contributed by atoms with E-state index in [0.717, 1.165) is 39.2 Å². The minimum Gasteiger partial charge on any atom is -0.489 e. The number of ether oxygens (including phenoxy) is 1. The van der Waals surface area contributed by atoms with E-state index in [2.05, 4.69) is 10.6 Å². The second kappa shape index (κ2) is 10.8. The van der Waals surface area contributed by atoms with E-state index < -0.39 is 0 Å². The second-order valence-electron chi connectivity index (χ2n) is 8.15. The summed E-state index contributed by atoms with van der Waals surface area (Å²) in [6, 6.07) is 36.6. The van der Waals surface area contributed by atoms with Crippen LogP contribution in [0.1, 0.15) is 15.9 Å². The van der Waals surface area contributed by atoms with Crippen LogP contribution in [0.3, 0.4) is 0 Å². The van der Waals surface area contributed by atoms with Gasteiger partial charge in [-0.15, -0.1) is 0 Å². The van der Waals surface area contributed by atoms with Gasteiger partial charge in [0.2, 0.25) is 0 Å². The van der Waals surface area contributed by atoms with Crippen LogP contribution in [-0.2, 0) is 6.61 Å². The van der Waals surface area contributed by atoms with E-state index in [1.54, 1.807) is 6.07 Å². The fourth-order valence-corrected chi connectivity index (χ4v) is 4.04. The summed E-state index contributed by atoms with van der Waals surface area (Å²) >= 11 is 5.42. The number of thiocarbonyl (C=S) groups is 1. The average molecular weight is 490 g/mol. The van der Waals surface area contributed by atoms with Crippen LogP contribution in [0.4, 0.5) is 5.69 Å². The van der Waals surface area contributed by atoms with Crippen LogP contribution in [0.25, 0.3) is 22.2 Å². The van der Waals surface area contributed by atoms with Gasteiger partial charge in [-0.2, -0.15) is 0 Å². The number of carbonyl (C=O) groups is 1. The quantitative estimate of drug-likeness (QED) is 0.263. The Kier molecular flexibility index (Phi) is 6.96.